The maximum atomic E-state index is 5.79. The third kappa shape index (κ3) is 2.62. The molecule has 17 heavy (non-hydrogen) atoms. The van der Waals surface area contributed by atoms with Gasteiger partial charge in [0, 0.05) is 7.11 Å². The average molecular weight is 233 g/mol. The van der Waals surface area contributed by atoms with Crippen molar-refractivity contribution in [1.29, 1.82) is 0 Å². The highest BCUT2D eigenvalue weighted by Crippen LogP contribution is 2.21. The second-order valence-electron chi connectivity index (χ2n) is 3.79. The van der Waals surface area contributed by atoms with E-state index >= 15 is 0 Å². The number of anilines is 1. The molecule has 90 valence electrons. The molecule has 1 heterocycles. The van der Waals surface area contributed by atoms with Crippen LogP contribution in [0.4, 0.5) is 5.82 Å². The van der Waals surface area contributed by atoms with E-state index in [1.54, 1.807) is 7.11 Å². The highest BCUT2D eigenvalue weighted by molar-refractivity contribution is 5.76. The molecule has 0 saturated heterocycles. The number of nitrogen functional groups attached to an aromatic ring is 1. The van der Waals surface area contributed by atoms with E-state index in [4.69, 9.17) is 15.2 Å². The predicted octanol–water partition coefficient (Wildman–Crippen LogP) is 1.63. The molecule has 0 fully saturated rings. The fourth-order valence-corrected chi connectivity index (χ4v) is 1.54. The van der Waals surface area contributed by atoms with Gasteiger partial charge in [-0.05, 0) is 19.1 Å². The van der Waals surface area contributed by atoms with Gasteiger partial charge in [0.25, 0.3) is 5.88 Å². The minimum absolute atomic E-state index is 0.113. The van der Waals surface area contributed by atoms with Gasteiger partial charge >= 0.3 is 0 Å². The Bertz CT molecular complexity index is 516. The van der Waals surface area contributed by atoms with Gasteiger partial charge < -0.3 is 15.2 Å². The zero-order chi connectivity index (χ0) is 12.3. The number of aromatic nitrogens is 2. The van der Waals surface area contributed by atoms with Crippen LogP contribution in [0.3, 0.4) is 0 Å². The second-order valence-corrected chi connectivity index (χ2v) is 3.79. The maximum Gasteiger partial charge on any atom is 0.258 e. The summed E-state index contributed by atoms with van der Waals surface area (Å²) < 4.78 is 10.6. The molecule has 0 aliphatic carbocycles. The van der Waals surface area contributed by atoms with Crippen LogP contribution in [0.2, 0.25) is 0 Å². The molecule has 0 aliphatic rings. The van der Waals surface area contributed by atoms with Crippen LogP contribution in [0.5, 0.6) is 5.88 Å². The molecule has 5 heteroatoms. The molecule has 0 bridgehead atoms. The van der Waals surface area contributed by atoms with Crippen molar-refractivity contribution in [2.24, 2.45) is 0 Å². The van der Waals surface area contributed by atoms with E-state index in [1.165, 1.54) is 0 Å². The first-order valence-corrected chi connectivity index (χ1v) is 5.38. The van der Waals surface area contributed by atoms with Gasteiger partial charge in [0.15, 0.2) is 5.82 Å². The van der Waals surface area contributed by atoms with Gasteiger partial charge in [-0.25, -0.2) is 9.97 Å². The van der Waals surface area contributed by atoms with Crippen LogP contribution in [0.25, 0.3) is 11.0 Å². The van der Waals surface area contributed by atoms with Crippen LogP contribution in [-0.4, -0.2) is 29.8 Å². The normalized spacial score (nSPS) is 12.6. The molecular formula is C12H15N3O2. The smallest absolute Gasteiger partial charge is 0.258 e. The fourth-order valence-electron chi connectivity index (χ4n) is 1.54. The quantitative estimate of drug-likeness (QED) is 0.869. The van der Waals surface area contributed by atoms with Gasteiger partial charge in [0.1, 0.15) is 6.10 Å². The number of ether oxygens (including phenoxy) is 2. The average Bonchev–Trinajstić information content (AvgIpc) is 2.30. The van der Waals surface area contributed by atoms with Gasteiger partial charge in [-0.1, -0.05) is 12.1 Å². The Kier molecular flexibility index (Phi) is 3.39. The minimum atomic E-state index is -0.113. The van der Waals surface area contributed by atoms with Crippen molar-refractivity contribution in [3.8, 4) is 5.88 Å². The van der Waals surface area contributed by atoms with Crippen molar-refractivity contribution in [3.63, 3.8) is 0 Å². The zero-order valence-corrected chi connectivity index (χ0v) is 9.88. The van der Waals surface area contributed by atoms with E-state index < -0.39 is 0 Å². The summed E-state index contributed by atoms with van der Waals surface area (Å²) in [5.74, 6) is 0.653. The number of methoxy groups -OCH3 is 1. The van der Waals surface area contributed by atoms with Crippen molar-refractivity contribution >= 4 is 16.9 Å². The fraction of sp³-hybridized carbons (Fsp3) is 0.333. The summed E-state index contributed by atoms with van der Waals surface area (Å²) in [6.45, 7) is 2.37. The molecule has 2 N–H and O–H groups in total. The first-order valence-electron chi connectivity index (χ1n) is 5.38. The van der Waals surface area contributed by atoms with Gasteiger partial charge in [-0.15, -0.1) is 0 Å². The Morgan fingerprint density at radius 2 is 1.88 bits per heavy atom. The highest BCUT2D eigenvalue weighted by Gasteiger charge is 2.10. The second kappa shape index (κ2) is 4.97. The molecule has 0 aliphatic heterocycles. The molecule has 0 amide bonds. The maximum absolute atomic E-state index is 5.79. The van der Waals surface area contributed by atoms with E-state index in [-0.39, 0.29) is 6.10 Å². The number of benzene rings is 1. The lowest BCUT2D eigenvalue weighted by atomic mass is 10.3. The topological polar surface area (TPSA) is 70.3 Å². The molecule has 1 aromatic carbocycles. The summed E-state index contributed by atoms with van der Waals surface area (Å²) in [6, 6.07) is 7.52. The Balaban J connectivity index is 2.31. The van der Waals surface area contributed by atoms with Crippen molar-refractivity contribution in [2.75, 3.05) is 19.5 Å². The van der Waals surface area contributed by atoms with Gasteiger partial charge in [0.05, 0.1) is 17.6 Å². The number of para-hydroxylation sites is 2. The van der Waals surface area contributed by atoms with E-state index in [0.29, 0.717) is 18.3 Å². The Hall–Kier alpha value is -1.88. The SMILES string of the molecule is COCC(C)Oc1nc2ccccc2nc1N. The summed E-state index contributed by atoms with van der Waals surface area (Å²) in [5.41, 5.74) is 7.32. The van der Waals surface area contributed by atoms with E-state index in [0.717, 1.165) is 11.0 Å². The first-order chi connectivity index (χ1) is 8.20. The van der Waals surface area contributed by atoms with Crippen LogP contribution in [0.15, 0.2) is 24.3 Å². The number of rotatable bonds is 4. The number of nitrogens with zero attached hydrogens (tertiary/aromatic N) is 2. The van der Waals surface area contributed by atoms with Crippen molar-refractivity contribution in [1.82, 2.24) is 9.97 Å². The number of hydrogen-bond donors (Lipinski definition) is 1. The molecule has 2 rings (SSSR count). The summed E-state index contributed by atoms with van der Waals surface area (Å²) in [6.07, 6.45) is -0.113. The number of hydrogen-bond acceptors (Lipinski definition) is 5. The van der Waals surface area contributed by atoms with Crippen LogP contribution in [0, 0.1) is 0 Å². The van der Waals surface area contributed by atoms with Crippen LogP contribution in [-0.2, 0) is 4.74 Å². The van der Waals surface area contributed by atoms with E-state index in [9.17, 15) is 0 Å². The summed E-state index contributed by atoms with van der Waals surface area (Å²) in [7, 11) is 1.62. The molecule has 1 atom stereocenters. The Morgan fingerprint density at radius 1 is 1.24 bits per heavy atom. The number of fused-ring (bicyclic) bond motifs is 1. The Morgan fingerprint density at radius 3 is 2.53 bits per heavy atom. The van der Waals surface area contributed by atoms with Crippen LogP contribution in [0.1, 0.15) is 6.92 Å². The third-order valence-electron chi connectivity index (χ3n) is 2.28. The molecule has 0 spiro atoms. The minimum Gasteiger partial charge on any atom is -0.470 e. The van der Waals surface area contributed by atoms with Gasteiger partial charge in [0.2, 0.25) is 0 Å². The van der Waals surface area contributed by atoms with Crippen molar-refractivity contribution in [3.05, 3.63) is 24.3 Å². The zero-order valence-electron chi connectivity index (χ0n) is 9.88. The van der Waals surface area contributed by atoms with E-state index in [2.05, 4.69) is 9.97 Å². The van der Waals surface area contributed by atoms with Gasteiger partial charge in [-0.3, -0.25) is 0 Å². The largest absolute Gasteiger partial charge is 0.470 e. The monoisotopic (exact) mass is 233 g/mol. The standard InChI is InChI=1S/C12H15N3O2/c1-8(7-16-2)17-12-11(13)14-9-5-3-4-6-10(9)15-12/h3-6,8H,7H2,1-2H3,(H2,13,14). The molecule has 0 saturated carbocycles. The predicted molar refractivity (Wildman–Crippen MR) is 65.9 cm³/mol. The first kappa shape index (κ1) is 11.6. The van der Waals surface area contributed by atoms with Crippen molar-refractivity contribution in [2.45, 2.75) is 13.0 Å². The Labute approximate surface area is 99.6 Å². The number of nitrogens with two attached hydrogens (primary N) is 1. The van der Waals surface area contributed by atoms with Crippen LogP contribution < -0.4 is 10.5 Å². The van der Waals surface area contributed by atoms with Crippen LogP contribution >= 0.6 is 0 Å². The summed E-state index contributed by atoms with van der Waals surface area (Å²) >= 11 is 0. The van der Waals surface area contributed by atoms with E-state index in [1.807, 2.05) is 31.2 Å². The molecule has 1 unspecified atom stereocenters. The lowest BCUT2D eigenvalue weighted by Crippen LogP contribution is -2.19. The molecular weight excluding hydrogens is 218 g/mol. The third-order valence-corrected chi connectivity index (χ3v) is 2.28. The lowest BCUT2D eigenvalue weighted by molar-refractivity contribution is 0.0895. The lowest BCUT2D eigenvalue weighted by Gasteiger charge is -2.14. The molecule has 0 radical (unpaired) electrons. The molecule has 2 aromatic rings. The van der Waals surface area contributed by atoms with Crippen molar-refractivity contribution < 1.29 is 9.47 Å². The summed E-state index contributed by atoms with van der Waals surface area (Å²) in [4.78, 5) is 8.57. The molecule has 5 nitrogen and oxygen atoms in total. The van der Waals surface area contributed by atoms with Gasteiger partial charge in [-0.2, -0.15) is 0 Å². The highest BCUT2D eigenvalue weighted by atomic mass is 16.5. The summed E-state index contributed by atoms with van der Waals surface area (Å²) in [5, 5.41) is 0. The molecule has 1 aromatic heterocycles.